The molecule has 1 fully saturated rings. The molecule has 5 heteroatoms. The molecule has 2 amide bonds. The van der Waals surface area contributed by atoms with Gasteiger partial charge >= 0.3 is 6.03 Å². The molecule has 2 rings (SSSR count). The maximum atomic E-state index is 12.3. The van der Waals surface area contributed by atoms with E-state index in [1.54, 1.807) is 7.11 Å². The molecule has 2 atom stereocenters. The number of carbonyl (C=O) groups excluding carboxylic acids is 1. The second-order valence-electron chi connectivity index (χ2n) is 6.15. The quantitative estimate of drug-likeness (QED) is 0.725. The Balaban J connectivity index is 2.05. The van der Waals surface area contributed by atoms with E-state index in [2.05, 4.69) is 10.6 Å². The highest BCUT2D eigenvalue weighted by atomic mass is 16.5. The van der Waals surface area contributed by atoms with Gasteiger partial charge in [-0.1, -0.05) is 25.1 Å². The smallest absolute Gasteiger partial charge is 0.315 e. The molecule has 22 heavy (non-hydrogen) atoms. The van der Waals surface area contributed by atoms with E-state index >= 15 is 0 Å². The maximum Gasteiger partial charge on any atom is 0.315 e. The number of nitrogens with one attached hydrogen (secondary N) is 2. The van der Waals surface area contributed by atoms with Crippen LogP contribution in [0.1, 0.15) is 44.7 Å². The van der Waals surface area contributed by atoms with Gasteiger partial charge in [-0.3, -0.25) is 0 Å². The van der Waals surface area contributed by atoms with Crippen molar-refractivity contribution in [1.29, 1.82) is 0 Å². The summed E-state index contributed by atoms with van der Waals surface area (Å²) in [6.45, 7) is 3.87. The molecule has 5 nitrogen and oxygen atoms in total. The predicted molar refractivity (Wildman–Crippen MR) is 85.9 cm³/mol. The SMILES string of the molecule is CCC(NC(=O)NC(C)(CO)C1CC1)c1ccccc1OC. The van der Waals surface area contributed by atoms with Gasteiger partial charge in [0, 0.05) is 5.56 Å². The highest BCUT2D eigenvalue weighted by Gasteiger charge is 2.42. The molecular formula is C17H26N2O3. The number of amides is 2. The van der Waals surface area contributed by atoms with Crippen LogP contribution in [0.15, 0.2) is 24.3 Å². The number of hydrogen-bond donors (Lipinski definition) is 3. The van der Waals surface area contributed by atoms with Crippen molar-refractivity contribution in [3.05, 3.63) is 29.8 Å². The molecule has 0 aliphatic heterocycles. The Bertz CT molecular complexity index is 516. The molecule has 0 bridgehead atoms. The molecule has 1 aromatic rings. The van der Waals surface area contributed by atoms with E-state index in [1.165, 1.54) is 0 Å². The molecule has 2 unspecified atom stereocenters. The van der Waals surface area contributed by atoms with E-state index in [-0.39, 0.29) is 18.7 Å². The van der Waals surface area contributed by atoms with E-state index in [9.17, 15) is 9.90 Å². The number of benzene rings is 1. The van der Waals surface area contributed by atoms with Gasteiger partial charge in [0.15, 0.2) is 0 Å². The van der Waals surface area contributed by atoms with Gasteiger partial charge in [-0.15, -0.1) is 0 Å². The molecule has 0 aromatic heterocycles. The summed E-state index contributed by atoms with van der Waals surface area (Å²) in [7, 11) is 1.63. The van der Waals surface area contributed by atoms with Crippen LogP contribution in [-0.4, -0.2) is 30.4 Å². The van der Waals surface area contributed by atoms with Gasteiger partial charge in [0.05, 0.1) is 25.3 Å². The average molecular weight is 306 g/mol. The minimum Gasteiger partial charge on any atom is -0.496 e. The van der Waals surface area contributed by atoms with Crippen molar-refractivity contribution in [2.24, 2.45) is 5.92 Å². The number of aliphatic hydroxyl groups excluding tert-OH is 1. The van der Waals surface area contributed by atoms with E-state index in [0.717, 1.165) is 30.6 Å². The summed E-state index contributed by atoms with van der Waals surface area (Å²) >= 11 is 0. The summed E-state index contributed by atoms with van der Waals surface area (Å²) in [4.78, 5) is 12.3. The van der Waals surface area contributed by atoms with Crippen LogP contribution in [-0.2, 0) is 0 Å². The average Bonchev–Trinajstić information content (AvgIpc) is 3.37. The first-order valence-corrected chi connectivity index (χ1v) is 7.86. The lowest BCUT2D eigenvalue weighted by atomic mass is 9.97. The fourth-order valence-electron chi connectivity index (χ4n) is 2.80. The Labute approximate surface area is 132 Å². The van der Waals surface area contributed by atoms with E-state index in [0.29, 0.717) is 5.92 Å². The highest BCUT2D eigenvalue weighted by molar-refractivity contribution is 5.75. The van der Waals surface area contributed by atoms with E-state index in [4.69, 9.17) is 4.74 Å². The molecule has 0 heterocycles. The first-order valence-electron chi connectivity index (χ1n) is 7.86. The van der Waals surface area contributed by atoms with Gasteiger partial charge in [0.2, 0.25) is 0 Å². The summed E-state index contributed by atoms with van der Waals surface area (Å²) in [5.41, 5.74) is 0.420. The normalized spacial score (nSPS) is 18.2. The number of carbonyl (C=O) groups is 1. The number of rotatable bonds is 7. The van der Waals surface area contributed by atoms with Crippen molar-refractivity contribution in [2.45, 2.75) is 44.7 Å². The zero-order valence-corrected chi connectivity index (χ0v) is 13.6. The minimum atomic E-state index is -0.539. The Kier molecular flexibility index (Phi) is 5.29. The molecule has 0 saturated heterocycles. The molecule has 1 aromatic carbocycles. The molecule has 0 spiro atoms. The van der Waals surface area contributed by atoms with Crippen molar-refractivity contribution in [2.75, 3.05) is 13.7 Å². The molecule has 122 valence electrons. The first kappa shape index (κ1) is 16.6. The lowest BCUT2D eigenvalue weighted by Gasteiger charge is -2.30. The van der Waals surface area contributed by atoms with Crippen molar-refractivity contribution in [1.82, 2.24) is 10.6 Å². The van der Waals surface area contributed by atoms with Gasteiger partial charge in [0.1, 0.15) is 5.75 Å². The van der Waals surface area contributed by atoms with E-state index < -0.39 is 5.54 Å². The van der Waals surface area contributed by atoms with Crippen LogP contribution >= 0.6 is 0 Å². The second kappa shape index (κ2) is 7.01. The third-order valence-corrected chi connectivity index (χ3v) is 4.43. The molecule has 0 radical (unpaired) electrons. The predicted octanol–water partition coefficient (Wildman–Crippen LogP) is 2.61. The van der Waals surface area contributed by atoms with Gasteiger partial charge < -0.3 is 20.5 Å². The Hall–Kier alpha value is -1.75. The van der Waals surface area contributed by atoms with Gasteiger partial charge in [-0.2, -0.15) is 0 Å². The summed E-state index contributed by atoms with van der Waals surface area (Å²) < 4.78 is 5.37. The fraction of sp³-hybridized carbons (Fsp3) is 0.588. The monoisotopic (exact) mass is 306 g/mol. The number of ether oxygens (including phenoxy) is 1. The fourth-order valence-corrected chi connectivity index (χ4v) is 2.80. The summed E-state index contributed by atoms with van der Waals surface area (Å²) in [5.74, 6) is 1.14. The molecular weight excluding hydrogens is 280 g/mol. The van der Waals surface area contributed by atoms with Crippen LogP contribution < -0.4 is 15.4 Å². The summed E-state index contributed by atoms with van der Waals surface area (Å²) in [5, 5.41) is 15.5. The highest BCUT2D eigenvalue weighted by Crippen LogP contribution is 2.39. The Morgan fingerprint density at radius 3 is 2.68 bits per heavy atom. The van der Waals surface area contributed by atoms with Crippen LogP contribution in [0.2, 0.25) is 0 Å². The molecule has 3 N–H and O–H groups in total. The zero-order valence-electron chi connectivity index (χ0n) is 13.6. The van der Waals surface area contributed by atoms with Crippen LogP contribution in [0.4, 0.5) is 4.79 Å². The lowest BCUT2D eigenvalue weighted by molar-refractivity contribution is 0.154. The third kappa shape index (κ3) is 3.71. The number of urea groups is 1. The standard InChI is InChI=1S/C17H26N2O3/c1-4-14(13-7-5-6-8-15(13)22-3)18-16(21)19-17(2,11-20)12-9-10-12/h5-8,12,14,20H,4,9-11H2,1-3H3,(H2,18,19,21). The first-order chi connectivity index (χ1) is 10.5. The number of aliphatic hydroxyl groups is 1. The molecule has 1 aliphatic rings. The van der Waals surface area contributed by atoms with Crippen LogP contribution in [0.3, 0.4) is 0 Å². The Morgan fingerprint density at radius 2 is 2.14 bits per heavy atom. The van der Waals surface area contributed by atoms with Gasteiger partial charge in [0.25, 0.3) is 0 Å². The van der Waals surface area contributed by atoms with Crippen molar-refractivity contribution in [3.8, 4) is 5.75 Å². The van der Waals surface area contributed by atoms with Crippen LogP contribution in [0, 0.1) is 5.92 Å². The third-order valence-electron chi connectivity index (χ3n) is 4.43. The number of hydrogen-bond acceptors (Lipinski definition) is 3. The van der Waals surface area contributed by atoms with Gasteiger partial charge in [-0.25, -0.2) is 4.79 Å². The minimum absolute atomic E-state index is 0.0451. The van der Waals surface area contributed by atoms with Crippen molar-refractivity contribution >= 4 is 6.03 Å². The molecule has 1 saturated carbocycles. The second-order valence-corrected chi connectivity index (χ2v) is 6.15. The summed E-state index contributed by atoms with van der Waals surface area (Å²) in [6.07, 6.45) is 2.87. The number of methoxy groups -OCH3 is 1. The van der Waals surface area contributed by atoms with Crippen molar-refractivity contribution in [3.63, 3.8) is 0 Å². The largest absolute Gasteiger partial charge is 0.496 e. The van der Waals surface area contributed by atoms with Crippen LogP contribution in [0.5, 0.6) is 5.75 Å². The molecule has 1 aliphatic carbocycles. The lowest BCUT2D eigenvalue weighted by Crippen LogP contribution is -2.54. The zero-order chi connectivity index (χ0) is 16.2. The summed E-state index contributed by atoms with van der Waals surface area (Å²) in [6, 6.07) is 7.31. The van der Waals surface area contributed by atoms with E-state index in [1.807, 2.05) is 38.1 Å². The number of para-hydroxylation sites is 1. The maximum absolute atomic E-state index is 12.3. The van der Waals surface area contributed by atoms with Crippen molar-refractivity contribution < 1.29 is 14.6 Å². The topological polar surface area (TPSA) is 70.6 Å². The van der Waals surface area contributed by atoms with Gasteiger partial charge in [-0.05, 0) is 38.2 Å². The Morgan fingerprint density at radius 1 is 1.45 bits per heavy atom. The van der Waals surface area contributed by atoms with Crippen LogP contribution in [0.25, 0.3) is 0 Å².